The topological polar surface area (TPSA) is 334 Å². The van der Waals surface area contributed by atoms with Gasteiger partial charge in [0.1, 0.15) is 47.8 Å². The van der Waals surface area contributed by atoms with E-state index < -0.39 is 161 Å². The SMILES string of the molecule is CC[C@H]1OC(=O)[C@H](C)C(=O)[C@H](C)[C@@H](OC2O[C@H](C)C[C@H](N(C)C)[C@H]2O)[C@@](C)(OC)C[C@@H](C)C(=O)[C@H](C)[C@H]2N(CCCCn3cnc4cccnc43)C(=O)O[C@]12CC.CC[C@H]1OC(=O)[C@H](C)C(=O)[C@H](C)[C@@H](OC2O[C@H](C)C[C@H](N(C)C)[C@H]2OC(=O)c2ccccc2)[C@@](C)(OC)C[C@@H](C)C(=O)/C(C)=C/[C@]1(CC)OC(=O)n1ccnc1. The molecule has 9 rings (SSSR count). The van der Waals surface area contributed by atoms with E-state index in [2.05, 4.69) is 15.0 Å². The van der Waals surface area contributed by atoms with Crippen molar-refractivity contribution in [2.45, 2.75) is 283 Å². The number of aryl methyl sites for hydroxylation is 1. The molecule has 29 heteroatoms. The van der Waals surface area contributed by atoms with Crippen LogP contribution in [0.25, 0.3) is 11.2 Å². The molecule has 4 aromatic rings. The number of cyclic esters (lactones) is 2. The Labute approximate surface area is 665 Å². The van der Waals surface area contributed by atoms with Crippen LogP contribution in [0.4, 0.5) is 9.59 Å². The third-order valence-corrected chi connectivity index (χ3v) is 24.2. The molecule has 0 saturated carbocycles. The molecular weight excluding hydrogens is 1460 g/mol. The first kappa shape index (κ1) is 90.8. The van der Waals surface area contributed by atoms with E-state index in [1.165, 1.54) is 46.8 Å². The molecule has 29 nitrogen and oxygen atoms in total. The summed E-state index contributed by atoms with van der Waals surface area (Å²) >= 11 is 0. The highest BCUT2D eigenvalue weighted by molar-refractivity contribution is 6.01. The molecule has 2 unspecified atom stereocenters. The number of unbranched alkanes of at least 4 members (excludes halogenated alkanes) is 1. The van der Waals surface area contributed by atoms with E-state index in [0.29, 0.717) is 44.3 Å². The predicted octanol–water partition coefficient (Wildman–Crippen LogP) is 10.6. The predicted molar refractivity (Wildman–Crippen MR) is 416 cm³/mol. The number of benzene rings is 1. The number of imidazole rings is 2. The summed E-state index contributed by atoms with van der Waals surface area (Å²) in [7, 11) is 10.5. The lowest BCUT2D eigenvalue weighted by Crippen LogP contribution is -2.61. The highest BCUT2D eigenvalue weighted by Gasteiger charge is 2.62. The fourth-order valence-electron chi connectivity index (χ4n) is 17.5. The van der Waals surface area contributed by atoms with Crippen molar-refractivity contribution in [3.05, 3.63) is 90.9 Å². The van der Waals surface area contributed by atoms with Gasteiger partial charge in [0.05, 0.1) is 59.6 Å². The number of likely N-dealkylation sites (N-methyl/N-ethyl adjacent to an activating group) is 2. The molecule has 4 fully saturated rings. The van der Waals surface area contributed by atoms with E-state index in [4.69, 9.17) is 52.1 Å². The minimum Gasteiger partial charge on any atom is -0.457 e. The van der Waals surface area contributed by atoms with Crippen LogP contribution >= 0.6 is 0 Å². The maximum Gasteiger partial charge on any atom is 0.420 e. The van der Waals surface area contributed by atoms with Gasteiger partial charge in [0.15, 0.2) is 52.9 Å². The monoisotopic (exact) mass is 1580 g/mol. The molecule has 5 aliphatic heterocycles. The number of ether oxygens (including phenoxy) is 11. The number of nitrogens with zero attached hydrogens (tertiary/aromatic N) is 8. The van der Waals surface area contributed by atoms with Gasteiger partial charge in [0.2, 0.25) is 0 Å². The number of aliphatic hydroxyl groups is 1. The molecule has 8 heterocycles. The molecule has 4 saturated heterocycles. The lowest BCUT2D eigenvalue weighted by molar-refractivity contribution is -0.295. The van der Waals surface area contributed by atoms with Crippen LogP contribution in [0.3, 0.4) is 0 Å². The summed E-state index contributed by atoms with van der Waals surface area (Å²) in [4.78, 5) is 145. The largest absolute Gasteiger partial charge is 0.457 e. The van der Waals surface area contributed by atoms with Gasteiger partial charge in [-0.2, -0.15) is 0 Å². The molecule has 1 N–H and O–H groups in total. The molecular formula is C84H124N8O21. The first-order chi connectivity index (χ1) is 53.3. The van der Waals surface area contributed by atoms with Crippen LogP contribution in [0.5, 0.6) is 0 Å². The fourth-order valence-corrected chi connectivity index (χ4v) is 17.5. The maximum atomic E-state index is 14.8. The summed E-state index contributed by atoms with van der Waals surface area (Å²) in [6.45, 7) is 28.8. The molecule has 0 bridgehead atoms. The van der Waals surface area contributed by atoms with Crippen molar-refractivity contribution in [2.24, 2.45) is 41.4 Å². The number of fused-ring (bicyclic) bond motifs is 2. The summed E-state index contributed by atoms with van der Waals surface area (Å²) in [5.41, 5.74) is -3.31. The van der Waals surface area contributed by atoms with Crippen molar-refractivity contribution in [3.63, 3.8) is 0 Å². The number of carbonyl (C=O) groups is 9. The number of esters is 3. The number of Topliss-reactive ketones (excluding diaryl/α,β-unsaturated/α-hetero) is 4. The van der Waals surface area contributed by atoms with Gasteiger partial charge in [-0.3, -0.25) is 28.8 Å². The Morgan fingerprint density at radius 1 is 0.646 bits per heavy atom. The number of amides is 1. The minimum atomic E-state index is -1.57. The Morgan fingerprint density at radius 3 is 1.75 bits per heavy atom. The summed E-state index contributed by atoms with van der Waals surface area (Å²) in [6.07, 6.45) is 2.28. The second-order valence-corrected chi connectivity index (χ2v) is 32.6. The second-order valence-electron chi connectivity index (χ2n) is 32.6. The molecule has 1 amide bonds. The van der Waals surface area contributed by atoms with E-state index in [9.17, 15) is 48.3 Å². The van der Waals surface area contributed by atoms with Crippen LogP contribution in [-0.4, -0.2) is 248 Å². The van der Waals surface area contributed by atoms with E-state index in [1.807, 2.05) is 96.2 Å². The van der Waals surface area contributed by atoms with Crippen molar-refractivity contribution in [2.75, 3.05) is 49.0 Å². The lowest BCUT2D eigenvalue weighted by atomic mass is 9.72. The average molecular weight is 1580 g/mol. The zero-order chi connectivity index (χ0) is 83.5. The van der Waals surface area contributed by atoms with Gasteiger partial charge < -0.3 is 76.5 Å². The number of ketones is 4. The molecule has 0 aliphatic carbocycles. The van der Waals surface area contributed by atoms with Crippen LogP contribution in [0.15, 0.2) is 85.4 Å². The van der Waals surface area contributed by atoms with E-state index in [1.54, 1.807) is 109 Å². The van der Waals surface area contributed by atoms with E-state index in [-0.39, 0.29) is 80.0 Å². The van der Waals surface area contributed by atoms with Crippen LogP contribution in [0, 0.1) is 41.4 Å². The number of hydrogen-bond donors (Lipinski definition) is 1. The number of rotatable bonds is 20. The number of aliphatic hydroxyl groups excluding tert-OH is 1. The van der Waals surface area contributed by atoms with Gasteiger partial charge in [-0.05, 0) is 177 Å². The van der Waals surface area contributed by atoms with Crippen LogP contribution in [-0.2, 0) is 87.4 Å². The van der Waals surface area contributed by atoms with E-state index >= 15 is 0 Å². The van der Waals surface area contributed by atoms with Gasteiger partial charge in [0.25, 0.3) is 0 Å². The third kappa shape index (κ3) is 20.0. The first-order valence-corrected chi connectivity index (χ1v) is 40.1. The van der Waals surface area contributed by atoms with E-state index in [0.717, 1.165) is 15.7 Å². The second kappa shape index (κ2) is 38.8. The molecule has 5 aliphatic rings. The highest BCUT2D eigenvalue weighted by atomic mass is 16.7. The van der Waals surface area contributed by atoms with Crippen LogP contribution in [0.1, 0.15) is 185 Å². The van der Waals surface area contributed by atoms with Crippen molar-refractivity contribution in [1.29, 1.82) is 0 Å². The number of aromatic nitrogens is 5. The van der Waals surface area contributed by atoms with Crippen molar-refractivity contribution < 1.29 is 100 Å². The molecule has 1 aromatic carbocycles. The smallest absolute Gasteiger partial charge is 0.420 e. The summed E-state index contributed by atoms with van der Waals surface area (Å²) < 4.78 is 72.3. The average Bonchev–Trinajstić information content (AvgIpc) is 1.63. The molecule has 0 radical (unpaired) electrons. The van der Waals surface area contributed by atoms with Crippen molar-refractivity contribution in [1.82, 2.24) is 38.8 Å². The Kier molecular flexibility index (Phi) is 31.2. The maximum absolute atomic E-state index is 14.8. The number of carbonyl (C=O) groups excluding carboxylic acids is 9. The number of allylic oxidation sites excluding steroid dienone is 1. The first-order valence-electron chi connectivity index (χ1n) is 40.1. The Morgan fingerprint density at radius 2 is 1.20 bits per heavy atom. The highest BCUT2D eigenvalue weighted by Crippen LogP contribution is 2.46. The van der Waals surface area contributed by atoms with Gasteiger partial charge >= 0.3 is 30.1 Å². The quantitative estimate of drug-likeness (QED) is 0.0372. The summed E-state index contributed by atoms with van der Waals surface area (Å²) in [6, 6.07) is 11.0. The molecule has 3 aromatic heterocycles. The normalized spacial score (nSPS) is 35.9. The molecule has 0 spiro atoms. The zero-order valence-electron chi connectivity index (χ0n) is 70.2. The van der Waals surface area contributed by atoms with Gasteiger partial charge in [-0.25, -0.2) is 33.9 Å². The Hall–Kier alpha value is -7.74. The molecule has 113 heavy (non-hydrogen) atoms. The fraction of sp³-hybridized carbons (Fsp3) is 0.690. The van der Waals surface area contributed by atoms with Gasteiger partial charge in [-0.15, -0.1) is 0 Å². The lowest BCUT2D eigenvalue weighted by Gasteiger charge is -2.47. The number of pyridine rings is 1. The zero-order valence-corrected chi connectivity index (χ0v) is 70.2. The summed E-state index contributed by atoms with van der Waals surface area (Å²) in [5, 5.41) is 11.5. The Balaban J connectivity index is 0.000000283. The molecule has 626 valence electrons. The number of methoxy groups -OCH3 is 2. The van der Waals surface area contributed by atoms with Gasteiger partial charge in [-0.1, -0.05) is 80.5 Å². The standard InChI is InChI=1S/C42H65N5O10.C42H59N3O11/c1-12-31-42(13-2)35(47(40(52)57-42)20-15-14-19-46-23-44-29-17-16-18-43-37(29)46)26(5)32(48)24(3)22-41(8,53-11)36(27(6)33(49)28(7)38(51)55-31)56-39-34(50)30(45(9)10)21-25(4)54-39;1-12-32-42(13-2,56-40(50)45-20-19-43-24-45)23-26(4)33(46)25(3)22-41(8,51-11)36(28(6)34(47)29(7)37(48)53-32)55-39-35(31(44(9)10)21-27(5)52-39)54-38(49)30-17-15-14-16-18-30/h16-18,23-28,30-31,34-36,39,50H,12-15,19-22H2,1-11H3;14-20,23-25,27-29,31-32,35-36,39H,12-13,21-22H2,1-11H3/b;26-23+/t24-,25-,26+,27+,28-,30+,31-,34-,35-,36-,39?,41+,42-;25-,27-,28+,29-,31+,32-,35-,36-,39?,41+,42+/m11/s1. The third-order valence-electron chi connectivity index (χ3n) is 24.2. The minimum absolute atomic E-state index is 0.0770. The van der Waals surface area contributed by atoms with Crippen molar-refractivity contribution >= 4 is 64.4 Å². The van der Waals surface area contributed by atoms with Crippen LogP contribution < -0.4 is 0 Å². The Bertz CT molecular complexity index is 3950. The van der Waals surface area contributed by atoms with Crippen molar-refractivity contribution in [3.8, 4) is 0 Å². The van der Waals surface area contributed by atoms with Gasteiger partial charge in [0, 0.05) is 81.5 Å². The summed E-state index contributed by atoms with van der Waals surface area (Å²) in [5.74, 6) is -10.1. The van der Waals surface area contributed by atoms with Crippen LogP contribution in [0.2, 0.25) is 0 Å². The number of hydrogen-bond acceptors (Lipinski definition) is 26. The molecule has 24 atom stereocenters.